The highest BCUT2D eigenvalue weighted by atomic mass is 16.6. The molecule has 2 N–H and O–H groups in total. The second-order valence-electron chi connectivity index (χ2n) is 5.64. The summed E-state index contributed by atoms with van der Waals surface area (Å²) in [5, 5.41) is 5.50. The van der Waals surface area contributed by atoms with Crippen molar-refractivity contribution in [3.63, 3.8) is 0 Å². The highest BCUT2D eigenvalue weighted by Gasteiger charge is 2.13. The van der Waals surface area contributed by atoms with E-state index < -0.39 is 0 Å². The van der Waals surface area contributed by atoms with Crippen LogP contribution in [0.3, 0.4) is 0 Å². The van der Waals surface area contributed by atoms with Gasteiger partial charge in [-0.05, 0) is 36.4 Å². The van der Waals surface area contributed by atoms with Crippen molar-refractivity contribution < 1.29 is 23.8 Å². The molecule has 0 unspecified atom stereocenters. The van der Waals surface area contributed by atoms with Crippen LogP contribution in [-0.4, -0.2) is 38.7 Å². The zero-order valence-electron chi connectivity index (χ0n) is 14.4. The molecular formula is C19H20N2O5. The maximum atomic E-state index is 12.0. The predicted octanol–water partition coefficient (Wildman–Crippen LogP) is 2.22. The minimum absolute atomic E-state index is 0.163. The Hall–Kier alpha value is -3.22. The molecule has 0 radical (unpaired) electrons. The lowest BCUT2D eigenvalue weighted by Gasteiger charge is -2.19. The molecule has 1 aliphatic heterocycles. The summed E-state index contributed by atoms with van der Waals surface area (Å²) >= 11 is 0. The van der Waals surface area contributed by atoms with E-state index in [4.69, 9.17) is 14.2 Å². The average Bonchev–Trinajstić information content (AvgIpc) is 2.68. The van der Waals surface area contributed by atoms with E-state index in [2.05, 4.69) is 10.6 Å². The van der Waals surface area contributed by atoms with Crippen molar-refractivity contribution in [2.75, 3.05) is 32.2 Å². The number of carbonyl (C=O) groups excluding carboxylic acids is 2. The van der Waals surface area contributed by atoms with E-state index in [9.17, 15) is 9.59 Å². The summed E-state index contributed by atoms with van der Waals surface area (Å²) in [5.41, 5.74) is 1.14. The summed E-state index contributed by atoms with van der Waals surface area (Å²) in [7, 11) is 1.56. The molecule has 0 aromatic heterocycles. The topological polar surface area (TPSA) is 85.9 Å². The Balaban J connectivity index is 1.45. The molecule has 3 rings (SSSR count). The third-order valence-corrected chi connectivity index (χ3v) is 3.82. The smallest absolute Gasteiger partial charge is 0.251 e. The van der Waals surface area contributed by atoms with Crippen LogP contribution in [0.15, 0.2) is 42.5 Å². The first kappa shape index (κ1) is 17.6. The molecule has 0 fully saturated rings. The number of methoxy groups -OCH3 is 1. The largest absolute Gasteiger partial charge is 0.497 e. The molecule has 7 heteroatoms. The second-order valence-corrected chi connectivity index (χ2v) is 5.64. The van der Waals surface area contributed by atoms with Gasteiger partial charge in [-0.1, -0.05) is 0 Å². The summed E-state index contributed by atoms with van der Waals surface area (Å²) in [5.74, 6) is 1.53. The number of hydrogen-bond donors (Lipinski definition) is 2. The van der Waals surface area contributed by atoms with Crippen molar-refractivity contribution in [2.45, 2.75) is 6.42 Å². The Bertz CT molecular complexity index is 789. The number of fused-ring (bicyclic) bond motifs is 1. The monoisotopic (exact) mass is 356 g/mol. The van der Waals surface area contributed by atoms with Crippen LogP contribution in [0.1, 0.15) is 16.8 Å². The maximum absolute atomic E-state index is 12.0. The molecule has 0 spiro atoms. The first-order valence-electron chi connectivity index (χ1n) is 8.27. The molecule has 0 saturated carbocycles. The van der Waals surface area contributed by atoms with E-state index >= 15 is 0 Å². The van der Waals surface area contributed by atoms with Gasteiger partial charge in [-0.15, -0.1) is 0 Å². The van der Waals surface area contributed by atoms with Crippen molar-refractivity contribution >= 4 is 17.5 Å². The molecule has 2 aromatic rings. The van der Waals surface area contributed by atoms with Crippen molar-refractivity contribution in [2.24, 2.45) is 0 Å². The molecule has 1 aliphatic rings. The summed E-state index contributed by atoms with van der Waals surface area (Å²) in [4.78, 5) is 24.1. The number of anilines is 1. The van der Waals surface area contributed by atoms with Gasteiger partial charge in [0.2, 0.25) is 5.91 Å². The van der Waals surface area contributed by atoms with Crippen molar-refractivity contribution in [3.05, 3.63) is 48.0 Å². The number of amides is 2. The summed E-state index contributed by atoms with van der Waals surface area (Å²) < 4.78 is 16.0. The van der Waals surface area contributed by atoms with Gasteiger partial charge >= 0.3 is 0 Å². The zero-order chi connectivity index (χ0) is 18.4. The van der Waals surface area contributed by atoms with Gasteiger partial charge in [-0.25, -0.2) is 0 Å². The van der Waals surface area contributed by atoms with E-state index in [1.807, 2.05) is 0 Å². The van der Waals surface area contributed by atoms with Crippen LogP contribution in [0, 0.1) is 0 Å². The lowest BCUT2D eigenvalue weighted by atomic mass is 10.2. The van der Waals surface area contributed by atoms with Gasteiger partial charge in [0, 0.05) is 30.3 Å². The fourth-order valence-electron chi connectivity index (χ4n) is 2.48. The Kier molecular flexibility index (Phi) is 5.58. The summed E-state index contributed by atoms with van der Waals surface area (Å²) in [6.45, 7) is 1.25. The van der Waals surface area contributed by atoms with E-state index in [1.54, 1.807) is 49.6 Å². The molecule has 26 heavy (non-hydrogen) atoms. The molecule has 136 valence electrons. The van der Waals surface area contributed by atoms with Gasteiger partial charge < -0.3 is 24.8 Å². The van der Waals surface area contributed by atoms with Crippen molar-refractivity contribution in [1.29, 1.82) is 0 Å². The number of rotatable bonds is 6. The highest BCUT2D eigenvalue weighted by molar-refractivity contribution is 5.95. The fourth-order valence-corrected chi connectivity index (χ4v) is 2.48. The number of benzene rings is 2. The van der Waals surface area contributed by atoms with Crippen molar-refractivity contribution in [1.82, 2.24) is 5.32 Å². The molecule has 0 aliphatic carbocycles. The van der Waals surface area contributed by atoms with E-state index in [-0.39, 0.29) is 24.8 Å². The normalized spacial score (nSPS) is 12.2. The van der Waals surface area contributed by atoms with Crippen LogP contribution in [0.4, 0.5) is 5.69 Å². The number of nitrogens with one attached hydrogen (secondary N) is 2. The molecule has 0 atom stereocenters. The van der Waals surface area contributed by atoms with E-state index in [0.717, 1.165) is 0 Å². The molecule has 7 nitrogen and oxygen atoms in total. The molecule has 0 saturated heterocycles. The van der Waals surface area contributed by atoms with Gasteiger partial charge in [-0.2, -0.15) is 0 Å². The molecule has 2 amide bonds. The highest BCUT2D eigenvalue weighted by Crippen LogP contribution is 2.32. The van der Waals surface area contributed by atoms with Gasteiger partial charge in [0.05, 0.1) is 7.11 Å². The fraction of sp³-hybridized carbons (Fsp3) is 0.263. The van der Waals surface area contributed by atoms with Gasteiger partial charge in [0.1, 0.15) is 19.0 Å². The molecular weight excluding hydrogens is 336 g/mol. The summed E-state index contributed by atoms with van der Waals surface area (Å²) in [6.07, 6.45) is 0.163. The first-order valence-corrected chi connectivity index (χ1v) is 8.27. The van der Waals surface area contributed by atoms with Crippen LogP contribution >= 0.6 is 0 Å². The van der Waals surface area contributed by atoms with Crippen LogP contribution in [0.2, 0.25) is 0 Å². The SMILES string of the molecule is COc1ccc(C(=O)NCCC(=O)Nc2ccc3c(c2)OCCO3)cc1. The Morgan fingerprint density at radius 2 is 1.77 bits per heavy atom. The standard InChI is InChI=1S/C19H20N2O5/c1-24-15-5-2-13(3-6-15)19(23)20-9-8-18(22)21-14-4-7-16-17(12-14)26-11-10-25-16/h2-7,12H,8-11H2,1H3,(H,20,23)(H,21,22). The lowest BCUT2D eigenvalue weighted by molar-refractivity contribution is -0.116. The minimum atomic E-state index is -0.236. The van der Waals surface area contributed by atoms with Gasteiger partial charge in [0.15, 0.2) is 11.5 Å². The van der Waals surface area contributed by atoms with E-state index in [1.165, 1.54) is 0 Å². The lowest BCUT2D eigenvalue weighted by Crippen LogP contribution is -2.27. The zero-order valence-corrected chi connectivity index (χ0v) is 14.4. The summed E-state index contributed by atoms with van der Waals surface area (Å²) in [6, 6.07) is 12.0. The molecule has 0 bridgehead atoms. The minimum Gasteiger partial charge on any atom is -0.497 e. The quantitative estimate of drug-likeness (QED) is 0.829. The molecule has 2 aromatic carbocycles. The van der Waals surface area contributed by atoms with Gasteiger partial charge in [0.25, 0.3) is 5.91 Å². The van der Waals surface area contributed by atoms with Crippen LogP contribution < -0.4 is 24.8 Å². The van der Waals surface area contributed by atoms with Crippen LogP contribution in [0.25, 0.3) is 0 Å². The first-order chi connectivity index (χ1) is 12.7. The molecule has 1 heterocycles. The number of hydrogen-bond acceptors (Lipinski definition) is 5. The Morgan fingerprint density at radius 1 is 1.04 bits per heavy atom. The third kappa shape index (κ3) is 4.44. The third-order valence-electron chi connectivity index (χ3n) is 3.82. The predicted molar refractivity (Wildman–Crippen MR) is 96.0 cm³/mol. The van der Waals surface area contributed by atoms with E-state index in [0.29, 0.717) is 41.7 Å². The Morgan fingerprint density at radius 3 is 2.50 bits per heavy atom. The van der Waals surface area contributed by atoms with Gasteiger partial charge in [-0.3, -0.25) is 9.59 Å². The van der Waals surface area contributed by atoms with Crippen molar-refractivity contribution in [3.8, 4) is 17.2 Å². The van der Waals surface area contributed by atoms with Crippen LogP contribution in [-0.2, 0) is 4.79 Å². The second kappa shape index (κ2) is 8.24. The maximum Gasteiger partial charge on any atom is 0.251 e. The number of ether oxygens (including phenoxy) is 3. The average molecular weight is 356 g/mol. The number of carbonyl (C=O) groups is 2. The Labute approximate surface area is 151 Å². The van der Waals surface area contributed by atoms with Crippen LogP contribution in [0.5, 0.6) is 17.2 Å².